The van der Waals surface area contributed by atoms with Crippen LogP contribution in [-0.4, -0.2) is 39.7 Å². The summed E-state index contributed by atoms with van der Waals surface area (Å²) in [6, 6.07) is 23.5. The Morgan fingerprint density at radius 2 is 1.74 bits per heavy atom. The first kappa shape index (κ1) is 28.1. The fourth-order valence-corrected chi connectivity index (χ4v) is 5.98. The second-order valence-electron chi connectivity index (χ2n) is 10.1. The predicted octanol–water partition coefficient (Wildman–Crippen LogP) is 4.83. The first-order valence-electron chi connectivity index (χ1n) is 13.2. The van der Waals surface area contributed by atoms with Crippen LogP contribution in [0.15, 0.2) is 101 Å². The molecule has 0 radical (unpaired) electrons. The number of hydrogen-bond donors (Lipinski definition) is 2. The zero-order valence-electron chi connectivity index (χ0n) is 23.0. The van der Waals surface area contributed by atoms with Crippen LogP contribution in [0.3, 0.4) is 0 Å². The van der Waals surface area contributed by atoms with Crippen LogP contribution in [0, 0.1) is 0 Å². The van der Waals surface area contributed by atoms with E-state index in [-0.39, 0.29) is 27.5 Å². The van der Waals surface area contributed by atoms with E-state index < -0.39 is 21.8 Å². The van der Waals surface area contributed by atoms with Gasteiger partial charge in [-0.2, -0.15) is 0 Å². The number of pyridine rings is 1. The Hall–Kier alpha value is -5.00. The molecule has 0 saturated heterocycles. The normalized spacial score (nSPS) is 12.4. The summed E-state index contributed by atoms with van der Waals surface area (Å²) in [6.45, 7) is 1.76. The SMILES string of the molecule is CC(NC(=O)c1c(N)nn2ccc(-c3cccc(S(C)(=O)=O)c3)nc12)c1cc2cccc(Cl)c2c(=O)n1-c1ccccc1. The molecule has 3 aromatic heterocycles. The van der Waals surface area contributed by atoms with Crippen LogP contribution in [0.1, 0.15) is 29.0 Å². The van der Waals surface area contributed by atoms with Gasteiger partial charge < -0.3 is 11.1 Å². The van der Waals surface area contributed by atoms with Crippen LogP contribution in [0.5, 0.6) is 0 Å². The summed E-state index contributed by atoms with van der Waals surface area (Å²) in [5.74, 6) is -0.585. The number of nitrogens with one attached hydrogen (secondary N) is 1. The quantitative estimate of drug-likeness (QED) is 0.274. The maximum Gasteiger partial charge on any atom is 0.264 e. The molecule has 43 heavy (non-hydrogen) atoms. The highest BCUT2D eigenvalue weighted by Gasteiger charge is 2.24. The van der Waals surface area contributed by atoms with Gasteiger partial charge in [0.1, 0.15) is 5.56 Å². The number of nitrogens with two attached hydrogens (primary N) is 1. The van der Waals surface area contributed by atoms with Crippen molar-refractivity contribution < 1.29 is 13.2 Å². The molecule has 0 saturated carbocycles. The second kappa shape index (κ2) is 10.7. The molecule has 0 fully saturated rings. The second-order valence-corrected chi connectivity index (χ2v) is 12.5. The number of carbonyl (C=O) groups is 1. The van der Waals surface area contributed by atoms with Gasteiger partial charge in [0.25, 0.3) is 11.5 Å². The fourth-order valence-electron chi connectivity index (χ4n) is 5.06. The van der Waals surface area contributed by atoms with Crippen molar-refractivity contribution in [2.24, 2.45) is 0 Å². The van der Waals surface area contributed by atoms with Crippen LogP contribution >= 0.6 is 11.6 Å². The number of carbonyl (C=O) groups excluding carboxylic acids is 1. The van der Waals surface area contributed by atoms with E-state index in [4.69, 9.17) is 17.3 Å². The highest BCUT2D eigenvalue weighted by atomic mass is 35.5. The zero-order chi connectivity index (χ0) is 30.5. The molecule has 1 unspecified atom stereocenters. The molecule has 0 spiro atoms. The molecule has 6 rings (SSSR count). The van der Waals surface area contributed by atoms with Gasteiger partial charge in [-0.25, -0.2) is 17.9 Å². The van der Waals surface area contributed by atoms with E-state index in [0.717, 1.165) is 6.26 Å². The molecule has 12 heteroatoms. The molecule has 216 valence electrons. The van der Waals surface area contributed by atoms with Gasteiger partial charge in [0, 0.05) is 29.4 Å². The summed E-state index contributed by atoms with van der Waals surface area (Å²) in [5.41, 5.74) is 8.24. The van der Waals surface area contributed by atoms with Crippen molar-refractivity contribution in [3.8, 4) is 16.9 Å². The number of hydrogen-bond acceptors (Lipinski definition) is 7. The van der Waals surface area contributed by atoms with Crippen molar-refractivity contribution in [1.82, 2.24) is 24.5 Å². The number of nitrogen functional groups attached to an aromatic ring is 1. The third kappa shape index (κ3) is 5.13. The number of para-hydroxylation sites is 1. The number of anilines is 1. The largest absolute Gasteiger partial charge is 0.381 e. The molecule has 1 atom stereocenters. The lowest BCUT2D eigenvalue weighted by atomic mass is 10.1. The molecule has 0 aliphatic heterocycles. The maximum absolute atomic E-state index is 13.8. The first-order chi connectivity index (χ1) is 20.5. The summed E-state index contributed by atoms with van der Waals surface area (Å²) in [5, 5.41) is 8.54. The number of amides is 1. The average Bonchev–Trinajstić information content (AvgIpc) is 3.32. The predicted molar refractivity (Wildman–Crippen MR) is 166 cm³/mol. The Labute approximate surface area is 251 Å². The zero-order valence-corrected chi connectivity index (χ0v) is 24.6. The number of nitrogens with zero attached hydrogens (tertiary/aromatic N) is 4. The van der Waals surface area contributed by atoms with Gasteiger partial charge in [0.15, 0.2) is 21.3 Å². The number of rotatable bonds is 6. The van der Waals surface area contributed by atoms with E-state index in [1.54, 1.807) is 61.7 Å². The van der Waals surface area contributed by atoms with Crippen molar-refractivity contribution >= 4 is 49.6 Å². The molecule has 0 aliphatic carbocycles. The van der Waals surface area contributed by atoms with Crippen LogP contribution in [-0.2, 0) is 9.84 Å². The van der Waals surface area contributed by atoms with E-state index in [9.17, 15) is 18.0 Å². The van der Waals surface area contributed by atoms with E-state index in [2.05, 4.69) is 15.4 Å². The van der Waals surface area contributed by atoms with Crippen molar-refractivity contribution in [1.29, 1.82) is 0 Å². The smallest absolute Gasteiger partial charge is 0.264 e. The summed E-state index contributed by atoms with van der Waals surface area (Å²) in [4.78, 5) is 32.3. The number of aromatic nitrogens is 4. The van der Waals surface area contributed by atoms with Crippen molar-refractivity contribution in [2.75, 3.05) is 12.0 Å². The minimum absolute atomic E-state index is 0.0371. The molecule has 3 heterocycles. The van der Waals surface area contributed by atoms with Crippen LogP contribution in [0.25, 0.3) is 33.4 Å². The molecule has 0 bridgehead atoms. The van der Waals surface area contributed by atoms with Crippen molar-refractivity contribution in [2.45, 2.75) is 17.9 Å². The average molecular weight is 613 g/mol. The van der Waals surface area contributed by atoms with E-state index in [1.807, 2.05) is 24.3 Å². The molecular formula is C31H25ClN6O4S. The number of fused-ring (bicyclic) bond motifs is 2. The van der Waals surface area contributed by atoms with E-state index in [1.165, 1.54) is 21.2 Å². The van der Waals surface area contributed by atoms with Gasteiger partial charge >= 0.3 is 0 Å². The fraction of sp³-hybridized carbons (Fsp3) is 0.0968. The van der Waals surface area contributed by atoms with Crippen LogP contribution in [0.4, 0.5) is 5.82 Å². The van der Waals surface area contributed by atoms with Gasteiger partial charge in [0.05, 0.1) is 27.0 Å². The maximum atomic E-state index is 13.8. The summed E-state index contributed by atoms with van der Waals surface area (Å²) >= 11 is 6.42. The van der Waals surface area contributed by atoms with Crippen LogP contribution in [0.2, 0.25) is 5.02 Å². The minimum atomic E-state index is -3.44. The molecule has 3 aromatic carbocycles. The molecular weight excluding hydrogens is 588 g/mol. The molecule has 0 aliphatic rings. The van der Waals surface area contributed by atoms with Crippen molar-refractivity contribution in [3.05, 3.63) is 118 Å². The Morgan fingerprint density at radius 3 is 2.49 bits per heavy atom. The third-order valence-electron chi connectivity index (χ3n) is 7.13. The molecule has 1 amide bonds. The van der Waals surface area contributed by atoms with E-state index >= 15 is 0 Å². The molecule has 3 N–H and O–H groups in total. The Bertz CT molecular complexity index is 2230. The Balaban J connectivity index is 1.42. The summed E-state index contributed by atoms with van der Waals surface area (Å²) in [6.07, 6.45) is 2.73. The number of halogens is 1. The first-order valence-corrected chi connectivity index (χ1v) is 15.5. The molecule has 10 nitrogen and oxygen atoms in total. The highest BCUT2D eigenvalue weighted by molar-refractivity contribution is 7.90. The van der Waals surface area contributed by atoms with E-state index in [0.29, 0.717) is 38.4 Å². The molecule has 6 aromatic rings. The Kier molecular flexibility index (Phi) is 6.99. The summed E-state index contributed by atoms with van der Waals surface area (Å²) in [7, 11) is -3.44. The van der Waals surface area contributed by atoms with Gasteiger partial charge in [-0.3, -0.25) is 14.2 Å². The van der Waals surface area contributed by atoms with Crippen molar-refractivity contribution in [3.63, 3.8) is 0 Å². The third-order valence-corrected chi connectivity index (χ3v) is 8.55. The topological polar surface area (TPSA) is 141 Å². The lowest BCUT2D eigenvalue weighted by molar-refractivity contribution is 0.0941. The lowest BCUT2D eigenvalue weighted by Crippen LogP contribution is -2.32. The lowest BCUT2D eigenvalue weighted by Gasteiger charge is -2.21. The highest BCUT2D eigenvalue weighted by Crippen LogP contribution is 2.27. The monoisotopic (exact) mass is 612 g/mol. The van der Waals surface area contributed by atoms with Gasteiger partial charge in [-0.05, 0) is 54.8 Å². The standard InChI is InChI=1S/C31H25ClN6O4S/c1-18(25-17-20-9-7-13-23(32)26(20)31(40)38(25)21-10-4-3-5-11-21)34-30(39)27-28(33)36-37-15-14-24(35-29(27)37)19-8-6-12-22(16-19)43(2,41)42/h3-18H,1-2H3,(H2,33,36)(H,34,39). The van der Waals surface area contributed by atoms with Gasteiger partial charge in [0.2, 0.25) is 0 Å². The summed E-state index contributed by atoms with van der Waals surface area (Å²) < 4.78 is 27.1. The Morgan fingerprint density at radius 1 is 1.00 bits per heavy atom. The van der Waals surface area contributed by atoms with Gasteiger partial charge in [-0.15, -0.1) is 5.10 Å². The van der Waals surface area contributed by atoms with Crippen LogP contribution < -0.4 is 16.6 Å². The van der Waals surface area contributed by atoms with Gasteiger partial charge in [-0.1, -0.05) is 54.1 Å². The number of benzene rings is 3. The number of sulfone groups is 1. The minimum Gasteiger partial charge on any atom is -0.381 e.